The molecule has 0 aliphatic rings. The summed E-state index contributed by atoms with van der Waals surface area (Å²) < 4.78 is 28.8. The van der Waals surface area contributed by atoms with Crippen molar-refractivity contribution in [2.75, 3.05) is 0 Å². The van der Waals surface area contributed by atoms with Crippen LogP contribution in [0.3, 0.4) is 0 Å². The van der Waals surface area contributed by atoms with Crippen molar-refractivity contribution in [1.82, 2.24) is 0 Å². The molecule has 0 fully saturated rings. The molecule has 0 aromatic rings. The van der Waals surface area contributed by atoms with Gasteiger partial charge < -0.3 is 28.2 Å². The predicted octanol–water partition coefficient (Wildman–Crippen LogP) is -3.55. The van der Waals surface area contributed by atoms with Crippen LogP contribution in [-0.4, -0.2) is 22.4 Å². The molecule has 0 unspecified atom stereocenters. The molecule has 0 bridgehead atoms. The smallest absolute Gasteiger partial charge is 0.402 e. The Morgan fingerprint density at radius 2 is 1.00 bits per heavy atom. The summed E-state index contributed by atoms with van der Waals surface area (Å²) in [6.45, 7) is -3.08. The first kappa shape index (κ1) is 22.5. The SMILES string of the molecule is F.F[C-](F)F.OB(O)O.[K+]. The van der Waals surface area contributed by atoms with Crippen LogP contribution in [0.5, 0.6) is 0 Å². The first-order valence-electron chi connectivity index (χ1n) is 1.34. The molecule has 3 nitrogen and oxygen atoms in total. The van der Waals surface area contributed by atoms with Crippen LogP contribution in [0.15, 0.2) is 0 Å². The van der Waals surface area contributed by atoms with Gasteiger partial charge in [-0.15, -0.1) is 0 Å². The van der Waals surface area contributed by atoms with Crippen molar-refractivity contribution < 1.29 is 84.3 Å². The van der Waals surface area contributed by atoms with Crippen LogP contribution in [0.1, 0.15) is 0 Å². The van der Waals surface area contributed by atoms with Gasteiger partial charge in [-0.05, 0) is 0 Å². The van der Waals surface area contributed by atoms with E-state index in [2.05, 4.69) is 0 Å². The summed E-state index contributed by atoms with van der Waals surface area (Å²) in [5, 5.41) is 21.5. The summed E-state index contributed by atoms with van der Waals surface area (Å²) in [5.74, 6) is 0. The van der Waals surface area contributed by atoms with E-state index < -0.39 is 14.0 Å². The largest absolute Gasteiger partial charge is 1.00 e. The molecule has 0 radical (unpaired) electrons. The molecule has 9 heteroatoms. The molecule has 0 atom stereocenters. The van der Waals surface area contributed by atoms with E-state index in [4.69, 9.17) is 15.1 Å². The fourth-order valence-electron chi connectivity index (χ4n) is 0. The first-order chi connectivity index (χ1) is 3.46. The minimum Gasteiger partial charge on any atom is -0.402 e. The summed E-state index contributed by atoms with van der Waals surface area (Å²) in [5.41, 5.74) is 0. The molecule has 58 valence electrons. The molecule has 0 spiro atoms. The van der Waals surface area contributed by atoms with Crippen molar-refractivity contribution in [3.8, 4) is 0 Å². The third-order valence-electron chi connectivity index (χ3n) is 0. The number of hydrogen-bond donors (Lipinski definition) is 3. The summed E-state index contributed by atoms with van der Waals surface area (Å²) in [6.07, 6.45) is 0. The molecule has 0 aromatic heterocycles. The minimum absolute atomic E-state index is 0. The Balaban J connectivity index is -0.0000000300. The third-order valence-corrected chi connectivity index (χ3v) is 0. The second-order valence-electron chi connectivity index (χ2n) is 0.561. The van der Waals surface area contributed by atoms with Gasteiger partial charge in [-0.25, -0.2) is 0 Å². The predicted molar refractivity (Wildman–Crippen MR) is 21.5 cm³/mol. The number of rotatable bonds is 0. The molecule has 0 saturated carbocycles. The van der Waals surface area contributed by atoms with Crippen LogP contribution in [0, 0.1) is 6.68 Å². The van der Waals surface area contributed by atoms with Gasteiger partial charge in [0.05, 0.1) is 0 Å². The summed E-state index contributed by atoms with van der Waals surface area (Å²) >= 11 is 0. The summed E-state index contributed by atoms with van der Waals surface area (Å²) in [7, 11) is -2.17. The molecule has 0 saturated heterocycles. The molecule has 0 aliphatic carbocycles. The van der Waals surface area contributed by atoms with Crippen LogP contribution in [0.25, 0.3) is 0 Å². The van der Waals surface area contributed by atoms with Gasteiger partial charge in [0.2, 0.25) is 0 Å². The zero-order chi connectivity index (χ0) is 7.15. The average Bonchev–Trinajstić information content (AvgIpc) is 1.25. The van der Waals surface area contributed by atoms with Gasteiger partial charge in [0.1, 0.15) is 0 Å². The van der Waals surface area contributed by atoms with Gasteiger partial charge in [0.15, 0.2) is 6.68 Å². The summed E-state index contributed by atoms with van der Waals surface area (Å²) in [4.78, 5) is 0. The van der Waals surface area contributed by atoms with Crippen molar-refractivity contribution in [3.63, 3.8) is 0 Å². The van der Waals surface area contributed by atoms with Crippen LogP contribution >= 0.6 is 0 Å². The van der Waals surface area contributed by atoms with Crippen molar-refractivity contribution in [2.24, 2.45) is 0 Å². The normalized spacial score (nSPS) is 6.30. The average molecular weight is 190 g/mol. The third kappa shape index (κ3) is 379. The van der Waals surface area contributed by atoms with E-state index in [0.717, 1.165) is 0 Å². The van der Waals surface area contributed by atoms with Gasteiger partial charge in [0.25, 0.3) is 0 Å². The molecule has 0 amide bonds. The second kappa shape index (κ2) is 16.7. The monoisotopic (exact) mass is 190 g/mol. The molecular weight excluding hydrogens is 186 g/mol. The Morgan fingerprint density at radius 1 is 1.00 bits per heavy atom. The molecule has 10 heavy (non-hydrogen) atoms. The Kier molecular flexibility index (Phi) is 37.6. The molecule has 3 N–H and O–H groups in total. The number of hydrogen-bond acceptors (Lipinski definition) is 3. The van der Waals surface area contributed by atoms with E-state index in [0.29, 0.717) is 0 Å². The minimum atomic E-state index is -3.08. The van der Waals surface area contributed by atoms with Crippen molar-refractivity contribution >= 4 is 7.32 Å². The van der Waals surface area contributed by atoms with Crippen LogP contribution < -0.4 is 51.4 Å². The fraction of sp³-hybridized carbons (Fsp3) is 0. The Bertz CT molecular complexity index is 36.0. The molecular formula is CH4BF4KO3. The maximum absolute atomic E-state index is 9.58. The summed E-state index contributed by atoms with van der Waals surface area (Å²) in [6, 6.07) is 0. The van der Waals surface area contributed by atoms with Gasteiger partial charge in [-0.1, -0.05) is 0 Å². The maximum atomic E-state index is 9.58. The van der Waals surface area contributed by atoms with Crippen LogP contribution in [-0.2, 0) is 0 Å². The Morgan fingerprint density at radius 3 is 1.00 bits per heavy atom. The van der Waals surface area contributed by atoms with Crippen LogP contribution in [0.4, 0.5) is 17.9 Å². The van der Waals surface area contributed by atoms with E-state index in [9.17, 15) is 13.2 Å². The van der Waals surface area contributed by atoms with E-state index in [-0.39, 0.29) is 56.1 Å². The van der Waals surface area contributed by atoms with Gasteiger partial charge in [0, 0.05) is 0 Å². The Labute approximate surface area is 97.2 Å². The maximum Gasteiger partial charge on any atom is 1.00 e. The molecule has 0 heterocycles. The second-order valence-corrected chi connectivity index (χ2v) is 0.561. The van der Waals surface area contributed by atoms with Crippen LogP contribution in [0.2, 0.25) is 0 Å². The van der Waals surface area contributed by atoms with Crippen molar-refractivity contribution in [2.45, 2.75) is 0 Å². The fourth-order valence-corrected chi connectivity index (χ4v) is 0. The van der Waals surface area contributed by atoms with Gasteiger partial charge in [-0.3, -0.25) is 4.70 Å². The molecule has 0 aliphatic heterocycles. The van der Waals surface area contributed by atoms with Gasteiger partial charge >= 0.3 is 58.7 Å². The standard InChI is InChI=1S/CF3.BH3O3.FH.K/c2*2-1(3)4;;/h;2-4H;1H;/q-1;;;+1. The van der Waals surface area contributed by atoms with Gasteiger partial charge in [-0.2, -0.15) is 0 Å². The van der Waals surface area contributed by atoms with E-state index in [1.165, 1.54) is 0 Å². The molecule has 0 rings (SSSR count). The zero-order valence-corrected chi connectivity index (χ0v) is 8.08. The van der Waals surface area contributed by atoms with Crippen molar-refractivity contribution in [1.29, 1.82) is 0 Å². The quantitative estimate of drug-likeness (QED) is 0.210. The van der Waals surface area contributed by atoms with E-state index in [1.54, 1.807) is 0 Å². The van der Waals surface area contributed by atoms with E-state index >= 15 is 0 Å². The number of halogens is 4. The molecule has 0 aromatic carbocycles. The van der Waals surface area contributed by atoms with E-state index in [1.807, 2.05) is 0 Å². The first-order valence-corrected chi connectivity index (χ1v) is 1.34. The Hall–Kier alpha value is 1.30. The topological polar surface area (TPSA) is 60.7 Å². The zero-order valence-electron chi connectivity index (χ0n) is 4.96. The van der Waals surface area contributed by atoms with Crippen molar-refractivity contribution in [3.05, 3.63) is 6.68 Å².